The van der Waals surface area contributed by atoms with Crippen LogP contribution in [0.4, 0.5) is 0 Å². The Bertz CT molecular complexity index is 337. The van der Waals surface area contributed by atoms with Crippen molar-refractivity contribution >= 4 is 0 Å². The molecule has 2 aliphatic heterocycles. The van der Waals surface area contributed by atoms with Gasteiger partial charge in [-0.1, -0.05) is 6.42 Å². The first-order valence-electron chi connectivity index (χ1n) is 8.73. The van der Waals surface area contributed by atoms with Crippen molar-refractivity contribution < 1.29 is 0 Å². The molecule has 120 valence electrons. The molecule has 0 bridgehead atoms. The Balaban J connectivity index is 1.64. The van der Waals surface area contributed by atoms with Gasteiger partial charge in [-0.2, -0.15) is 5.26 Å². The molecule has 1 atom stereocenters. The van der Waals surface area contributed by atoms with E-state index in [1.54, 1.807) is 0 Å². The molecule has 2 rings (SSSR count). The number of nitrogens with one attached hydrogen (secondary N) is 1. The number of piperidine rings is 2. The molecule has 1 N–H and O–H groups in total. The van der Waals surface area contributed by atoms with Gasteiger partial charge in [-0.05, 0) is 85.2 Å². The van der Waals surface area contributed by atoms with Gasteiger partial charge in [0.2, 0.25) is 0 Å². The molecule has 0 aromatic heterocycles. The molecule has 1 unspecified atom stereocenters. The highest BCUT2D eigenvalue weighted by atomic mass is 15.2. The normalized spacial score (nSPS) is 25.4. The molecule has 0 spiro atoms. The van der Waals surface area contributed by atoms with E-state index in [9.17, 15) is 0 Å². The summed E-state index contributed by atoms with van der Waals surface area (Å²) >= 11 is 0. The third-order valence-electron chi connectivity index (χ3n) is 5.41. The smallest absolute Gasteiger partial charge is 0.103 e. The molecule has 4 heteroatoms. The second-order valence-electron chi connectivity index (χ2n) is 6.97. The van der Waals surface area contributed by atoms with Crippen LogP contribution in [0.3, 0.4) is 0 Å². The number of hydrogen-bond acceptors (Lipinski definition) is 4. The Morgan fingerprint density at radius 2 is 1.81 bits per heavy atom. The monoisotopic (exact) mass is 292 g/mol. The van der Waals surface area contributed by atoms with E-state index >= 15 is 0 Å². The summed E-state index contributed by atoms with van der Waals surface area (Å²) < 4.78 is 0. The van der Waals surface area contributed by atoms with Crippen LogP contribution in [0.25, 0.3) is 0 Å². The highest BCUT2D eigenvalue weighted by Gasteiger charge is 2.26. The van der Waals surface area contributed by atoms with Gasteiger partial charge in [0.15, 0.2) is 0 Å². The maximum Gasteiger partial charge on any atom is 0.103 e. The fraction of sp³-hybridized carbons (Fsp3) is 0.941. The Kier molecular flexibility index (Phi) is 6.47. The fourth-order valence-electron chi connectivity index (χ4n) is 3.68. The lowest BCUT2D eigenvalue weighted by molar-refractivity contribution is 0.0912. The SMILES string of the molecule is CNC(C)(C#N)CCCN1CCC(N2CCCCC2)CC1. The quantitative estimate of drug-likeness (QED) is 0.815. The van der Waals surface area contributed by atoms with Crippen molar-refractivity contribution in [2.75, 3.05) is 39.8 Å². The molecule has 2 heterocycles. The van der Waals surface area contributed by atoms with Crippen molar-refractivity contribution in [3.8, 4) is 6.07 Å². The molecular formula is C17H32N4. The van der Waals surface area contributed by atoms with Gasteiger partial charge in [-0.3, -0.25) is 0 Å². The Hall–Kier alpha value is -0.630. The van der Waals surface area contributed by atoms with Crippen LogP contribution in [0.2, 0.25) is 0 Å². The first-order valence-corrected chi connectivity index (χ1v) is 8.73. The van der Waals surface area contributed by atoms with E-state index in [1.807, 2.05) is 14.0 Å². The van der Waals surface area contributed by atoms with Gasteiger partial charge in [0, 0.05) is 6.04 Å². The average molecular weight is 292 g/mol. The van der Waals surface area contributed by atoms with Crippen molar-refractivity contribution in [1.82, 2.24) is 15.1 Å². The summed E-state index contributed by atoms with van der Waals surface area (Å²) in [6, 6.07) is 3.22. The first kappa shape index (κ1) is 16.7. The summed E-state index contributed by atoms with van der Waals surface area (Å²) in [4.78, 5) is 5.32. The van der Waals surface area contributed by atoms with Gasteiger partial charge < -0.3 is 15.1 Å². The first-order chi connectivity index (χ1) is 10.2. The molecule has 0 aliphatic carbocycles. The predicted octanol–water partition coefficient (Wildman–Crippen LogP) is 2.22. The standard InChI is InChI=1S/C17H32N4/c1-17(15-18,19-2)9-6-10-20-13-7-16(8-14-20)21-11-4-3-5-12-21/h16,19H,3-14H2,1-2H3. The summed E-state index contributed by atoms with van der Waals surface area (Å²) in [6.45, 7) is 8.27. The molecule has 0 amide bonds. The number of nitriles is 1. The van der Waals surface area contributed by atoms with E-state index in [1.165, 1.54) is 58.3 Å². The van der Waals surface area contributed by atoms with Crippen LogP contribution < -0.4 is 5.32 Å². The van der Waals surface area contributed by atoms with E-state index in [2.05, 4.69) is 21.2 Å². The highest BCUT2D eigenvalue weighted by molar-refractivity contribution is 5.02. The van der Waals surface area contributed by atoms with Gasteiger partial charge in [0.05, 0.1) is 6.07 Å². The molecule has 21 heavy (non-hydrogen) atoms. The van der Waals surface area contributed by atoms with Crippen molar-refractivity contribution in [3.63, 3.8) is 0 Å². The van der Waals surface area contributed by atoms with Crippen LogP contribution in [0, 0.1) is 11.3 Å². The van der Waals surface area contributed by atoms with E-state index in [0.717, 1.165) is 25.4 Å². The lowest BCUT2D eigenvalue weighted by atomic mass is 9.96. The zero-order chi connectivity index (χ0) is 15.1. The second kappa shape index (κ2) is 8.12. The van der Waals surface area contributed by atoms with Crippen LogP contribution in [-0.2, 0) is 0 Å². The van der Waals surface area contributed by atoms with Gasteiger partial charge in [0.25, 0.3) is 0 Å². The molecule has 2 aliphatic rings. The molecule has 2 fully saturated rings. The zero-order valence-electron chi connectivity index (χ0n) is 13.9. The predicted molar refractivity (Wildman–Crippen MR) is 87.2 cm³/mol. The molecule has 0 radical (unpaired) electrons. The summed E-state index contributed by atoms with van der Waals surface area (Å²) in [5.41, 5.74) is -0.355. The zero-order valence-corrected chi connectivity index (χ0v) is 13.9. The second-order valence-corrected chi connectivity index (χ2v) is 6.97. The van der Waals surface area contributed by atoms with E-state index < -0.39 is 0 Å². The summed E-state index contributed by atoms with van der Waals surface area (Å²) in [7, 11) is 1.88. The third-order valence-corrected chi connectivity index (χ3v) is 5.41. The number of hydrogen-bond donors (Lipinski definition) is 1. The minimum absolute atomic E-state index is 0.355. The van der Waals surface area contributed by atoms with E-state index in [-0.39, 0.29) is 5.54 Å². The van der Waals surface area contributed by atoms with Crippen molar-refractivity contribution in [3.05, 3.63) is 0 Å². The Morgan fingerprint density at radius 1 is 1.14 bits per heavy atom. The number of likely N-dealkylation sites (tertiary alicyclic amines) is 2. The third kappa shape index (κ3) is 4.95. The van der Waals surface area contributed by atoms with Gasteiger partial charge in [-0.15, -0.1) is 0 Å². The van der Waals surface area contributed by atoms with Crippen LogP contribution in [0.1, 0.15) is 51.9 Å². The molecule has 0 aromatic carbocycles. The van der Waals surface area contributed by atoms with Crippen molar-refractivity contribution in [2.45, 2.75) is 63.5 Å². The Morgan fingerprint density at radius 3 is 2.38 bits per heavy atom. The van der Waals surface area contributed by atoms with Gasteiger partial charge in [0.1, 0.15) is 5.54 Å². The van der Waals surface area contributed by atoms with Crippen LogP contribution in [-0.4, -0.2) is 61.2 Å². The molecule has 0 aromatic rings. The minimum atomic E-state index is -0.355. The maximum atomic E-state index is 9.17. The van der Waals surface area contributed by atoms with Crippen LogP contribution in [0.15, 0.2) is 0 Å². The molecule has 0 saturated carbocycles. The summed E-state index contributed by atoms with van der Waals surface area (Å²) in [5, 5.41) is 12.3. The lowest BCUT2D eigenvalue weighted by Gasteiger charge is -2.40. The summed E-state index contributed by atoms with van der Waals surface area (Å²) in [6.07, 6.45) is 8.95. The molecule has 2 saturated heterocycles. The van der Waals surface area contributed by atoms with E-state index in [4.69, 9.17) is 5.26 Å². The Labute approximate surface area is 130 Å². The summed E-state index contributed by atoms with van der Waals surface area (Å²) in [5.74, 6) is 0. The van der Waals surface area contributed by atoms with E-state index in [0.29, 0.717) is 0 Å². The lowest BCUT2D eigenvalue weighted by Crippen LogP contribution is -2.47. The van der Waals surface area contributed by atoms with Crippen LogP contribution >= 0.6 is 0 Å². The van der Waals surface area contributed by atoms with Crippen molar-refractivity contribution in [2.24, 2.45) is 0 Å². The van der Waals surface area contributed by atoms with Crippen LogP contribution in [0.5, 0.6) is 0 Å². The number of rotatable bonds is 6. The minimum Gasteiger partial charge on any atom is -0.303 e. The average Bonchev–Trinajstić information content (AvgIpc) is 2.56. The highest BCUT2D eigenvalue weighted by Crippen LogP contribution is 2.21. The van der Waals surface area contributed by atoms with Crippen molar-refractivity contribution in [1.29, 1.82) is 5.26 Å². The molecule has 4 nitrogen and oxygen atoms in total. The maximum absolute atomic E-state index is 9.17. The largest absolute Gasteiger partial charge is 0.303 e. The molecular weight excluding hydrogens is 260 g/mol. The fourth-order valence-corrected chi connectivity index (χ4v) is 3.68. The van der Waals surface area contributed by atoms with Gasteiger partial charge in [-0.25, -0.2) is 0 Å². The number of nitrogens with zero attached hydrogens (tertiary/aromatic N) is 3. The van der Waals surface area contributed by atoms with Gasteiger partial charge >= 0.3 is 0 Å². The topological polar surface area (TPSA) is 42.3 Å².